The van der Waals surface area contributed by atoms with Gasteiger partial charge in [0.2, 0.25) is 0 Å². The van der Waals surface area contributed by atoms with Gasteiger partial charge < -0.3 is 10.6 Å². The van der Waals surface area contributed by atoms with Crippen LogP contribution in [0.15, 0.2) is 36.4 Å². The molecule has 2 aromatic carbocycles. The Morgan fingerprint density at radius 3 is 2.63 bits per heavy atom. The lowest BCUT2D eigenvalue weighted by molar-refractivity contribution is 0.879. The van der Waals surface area contributed by atoms with E-state index in [4.69, 9.17) is 11.0 Å². The van der Waals surface area contributed by atoms with E-state index in [1.165, 1.54) is 11.1 Å². The second kappa shape index (κ2) is 4.33. The average molecular weight is 249 g/mol. The van der Waals surface area contributed by atoms with Crippen molar-refractivity contribution in [2.24, 2.45) is 0 Å². The molecule has 2 N–H and O–H groups in total. The first-order chi connectivity index (χ1) is 9.17. The van der Waals surface area contributed by atoms with Crippen molar-refractivity contribution in [1.82, 2.24) is 0 Å². The number of benzene rings is 2. The van der Waals surface area contributed by atoms with E-state index in [2.05, 4.69) is 23.1 Å². The molecular formula is C16H15N3. The van der Waals surface area contributed by atoms with E-state index in [0.717, 1.165) is 35.6 Å². The van der Waals surface area contributed by atoms with Crippen molar-refractivity contribution >= 4 is 11.4 Å². The van der Waals surface area contributed by atoms with Gasteiger partial charge in [0.05, 0.1) is 11.6 Å². The van der Waals surface area contributed by atoms with Crippen LogP contribution in [-0.4, -0.2) is 0 Å². The van der Waals surface area contributed by atoms with Crippen LogP contribution in [-0.2, 0) is 13.1 Å². The Morgan fingerprint density at radius 1 is 1.11 bits per heavy atom. The fourth-order valence-corrected chi connectivity index (χ4v) is 2.57. The van der Waals surface area contributed by atoms with Crippen LogP contribution in [0.25, 0.3) is 0 Å². The normalized spacial score (nSPS) is 13.2. The summed E-state index contributed by atoms with van der Waals surface area (Å²) in [6, 6.07) is 14.3. The predicted molar refractivity (Wildman–Crippen MR) is 76.6 cm³/mol. The molecule has 1 aliphatic heterocycles. The lowest BCUT2D eigenvalue weighted by Crippen LogP contribution is -2.14. The van der Waals surface area contributed by atoms with Crippen LogP contribution in [0.5, 0.6) is 0 Å². The molecular weight excluding hydrogens is 234 g/mol. The van der Waals surface area contributed by atoms with Crippen molar-refractivity contribution in [3.8, 4) is 6.07 Å². The highest BCUT2D eigenvalue weighted by Crippen LogP contribution is 2.30. The van der Waals surface area contributed by atoms with Gasteiger partial charge in [-0.15, -0.1) is 0 Å². The van der Waals surface area contributed by atoms with Crippen LogP contribution in [0.2, 0.25) is 0 Å². The number of aryl methyl sites for hydroxylation is 1. The first kappa shape index (κ1) is 11.6. The molecule has 3 nitrogen and oxygen atoms in total. The number of nitrogen functional groups attached to an aromatic ring is 1. The van der Waals surface area contributed by atoms with Crippen molar-refractivity contribution in [2.45, 2.75) is 20.0 Å². The lowest BCUT2D eigenvalue weighted by atomic mass is 10.1. The minimum atomic E-state index is 0.740. The number of hydrogen-bond donors (Lipinski definition) is 1. The molecule has 1 aliphatic rings. The van der Waals surface area contributed by atoms with Crippen LogP contribution >= 0.6 is 0 Å². The zero-order chi connectivity index (χ0) is 13.4. The fourth-order valence-electron chi connectivity index (χ4n) is 2.57. The summed E-state index contributed by atoms with van der Waals surface area (Å²) in [6.45, 7) is 3.76. The molecule has 94 valence electrons. The maximum Gasteiger partial charge on any atom is 0.0994 e. The van der Waals surface area contributed by atoms with Crippen molar-refractivity contribution in [3.05, 3.63) is 58.7 Å². The van der Waals surface area contributed by atoms with Crippen LogP contribution in [0, 0.1) is 18.3 Å². The SMILES string of the molecule is Cc1cc(N2Cc3ccc(N)cc3C2)ccc1C#N. The summed E-state index contributed by atoms with van der Waals surface area (Å²) in [7, 11) is 0. The molecule has 0 spiro atoms. The predicted octanol–water partition coefficient (Wildman–Crippen LogP) is 2.97. The number of nitrogens with two attached hydrogens (primary N) is 1. The molecule has 0 unspecified atom stereocenters. The van der Waals surface area contributed by atoms with Gasteiger partial charge in [-0.25, -0.2) is 0 Å². The van der Waals surface area contributed by atoms with Gasteiger partial charge in [0, 0.05) is 24.5 Å². The summed E-state index contributed by atoms with van der Waals surface area (Å²) in [6.07, 6.45) is 0. The van der Waals surface area contributed by atoms with Gasteiger partial charge in [0.25, 0.3) is 0 Å². The molecule has 1 heterocycles. The van der Waals surface area contributed by atoms with Crippen molar-refractivity contribution in [1.29, 1.82) is 5.26 Å². The van der Waals surface area contributed by atoms with Crippen molar-refractivity contribution in [2.75, 3.05) is 10.6 Å². The van der Waals surface area contributed by atoms with E-state index >= 15 is 0 Å². The van der Waals surface area contributed by atoms with E-state index in [1.807, 2.05) is 31.2 Å². The molecule has 0 aliphatic carbocycles. The Labute approximate surface area is 112 Å². The highest BCUT2D eigenvalue weighted by atomic mass is 15.1. The van der Waals surface area contributed by atoms with E-state index < -0.39 is 0 Å². The summed E-state index contributed by atoms with van der Waals surface area (Å²) in [5.41, 5.74) is 12.2. The zero-order valence-electron chi connectivity index (χ0n) is 10.9. The van der Waals surface area contributed by atoms with Gasteiger partial charge in [-0.2, -0.15) is 5.26 Å². The largest absolute Gasteiger partial charge is 0.399 e. The molecule has 3 heteroatoms. The fraction of sp³-hybridized carbons (Fsp3) is 0.188. The Morgan fingerprint density at radius 2 is 1.89 bits per heavy atom. The summed E-state index contributed by atoms with van der Waals surface area (Å²) >= 11 is 0. The molecule has 0 saturated carbocycles. The molecule has 2 aromatic rings. The first-order valence-electron chi connectivity index (χ1n) is 6.30. The highest BCUT2D eigenvalue weighted by molar-refractivity contribution is 5.58. The molecule has 0 aromatic heterocycles. The van der Waals surface area contributed by atoms with Gasteiger partial charge in [-0.05, 0) is 53.9 Å². The van der Waals surface area contributed by atoms with Crippen molar-refractivity contribution < 1.29 is 0 Å². The minimum Gasteiger partial charge on any atom is -0.399 e. The maximum absolute atomic E-state index is 8.97. The minimum absolute atomic E-state index is 0.740. The van der Waals surface area contributed by atoms with Crippen LogP contribution in [0.3, 0.4) is 0 Å². The standard InChI is InChI=1S/C16H15N3/c1-11-6-16(5-3-12(11)8-17)19-9-13-2-4-15(18)7-14(13)10-19/h2-7H,9-10,18H2,1H3. The first-order valence-corrected chi connectivity index (χ1v) is 6.30. The van der Waals surface area contributed by atoms with Gasteiger partial charge in [0.15, 0.2) is 0 Å². The van der Waals surface area contributed by atoms with E-state index in [-0.39, 0.29) is 0 Å². The third-order valence-electron chi connectivity index (χ3n) is 3.65. The Hall–Kier alpha value is -2.47. The topological polar surface area (TPSA) is 53.0 Å². The van der Waals surface area contributed by atoms with E-state index in [0.29, 0.717) is 0 Å². The van der Waals surface area contributed by atoms with E-state index in [9.17, 15) is 0 Å². The van der Waals surface area contributed by atoms with Crippen molar-refractivity contribution in [3.63, 3.8) is 0 Å². The molecule has 0 radical (unpaired) electrons. The second-order valence-corrected chi connectivity index (χ2v) is 5.00. The number of nitriles is 1. The summed E-state index contributed by atoms with van der Waals surface area (Å²) < 4.78 is 0. The van der Waals surface area contributed by atoms with Crippen LogP contribution < -0.4 is 10.6 Å². The smallest absolute Gasteiger partial charge is 0.0994 e. The zero-order valence-corrected chi connectivity index (χ0v) is 10.9. The lowest BCUT2D eigenvalue weighted by Gasteiger charge is -2.18. The van der Waals surface area contributed by atoms with Gasteiger partial charge in [0.1, 0.15) is 0 Å². The molecule has 0 amide bonds. The third kappa shape index (κ3) is 2.02. The highest BCUT2D eigenvalue weighted by Gasteiger charge is 2.19. The summed E-state index contributed by atoms with van der Waals surface area (Å²) in [5, 5.41) is 8.97. The van der Waals surface area contributed by atoms with Gasteiger partial charge >= 0.3 is 0 Å². The number of fused-ring (bicyclic) bond motifs is 1. The number of rotatable bonds is 1. The maximum atomic E-state index is 8.97. The molecule has 0 bridgehead atoms. The average Bonchev–Trinajstić information content (AvgIpc) is 2.81. The number of nitrogens with zero attached hydrogens (tertiary/aromatic N) is 2. The van der Waals surface area contributed by atoms with Gasteiger partial charge in [-0.1, -0.05) is 6.07 Å². The molecule has 19 heavy (non-hydrogen) atoms. The number of anilines is 2. The molecule has 0 saturated heterocycles. The Bertz CT molecular complexity index is 683. The quantitative estimate of drug-likeness (QED) is 0.790. The molecule has 3 rings (SSSR count). The summed E-state index contributed by atoms with van der Waals surface area (Å²) in [5.74, 6) is 0. The monoisotopic (exact) mass is 249 g/mol. The Balaban J connectivity index is 1.91. The Kier molecular flexibility index (Phi) is 2.64. The van der Waals surface area contributed by atoms with Crippen LogP contribution in [0.1, 0.15) is 22.3 Å². The van der Waals surface area contributed by atoms with Crippen LogP contribution in [0.4, 0.5) is 11.4 Å². The number of hydrogen-bond acceptors (Lipinski definition) is 3. The summed E-state index contributed by atoms with van der Waals surface area (Å²) in [4.78, 5) is 2.30. The molecule has 0 atom stereocenters. The van der Waals surface area contributed by atoms with E-state index in [1.54, 1.807) is 0 Å². The second-order valence-electron chi connectivity index (χ2n) is 5.00. The molecule has 0 fully saturated rings. The van der Waals surface area contributed by atoms with Gasteiger partial charge in [-0.3, -0.25) is 0 Å². The third-order valence-corrected chi connectivity index (χ3v) is 3.65.